The van der Waals surface area contributed by atoms with Gasteiger partial charge in [0, 0.05) is 18.2 Å². The molecule has 7 heteroatoms. The highest BCUT2D eigenvalue weighted by Gasteiger charge is 2.12. The van der Waals surface area contributed by atoms with Crippen LogP contribution in [0.2, 0.25) is 0 Å². The maximum atomic E-state index is 13.9. The molecule has 0 unspecified atom stereocenters. The van der Waals surface area contributed by atoms with Gasteiger partial charge in [-0.2, -0.15) is 10.4 Å². The van der Waals surface area contributed by atoms with E-state index in [-0.39, 0.29) is 18.0 Å². The Balaban J connectivity index is 2.12. The Bertz CT molecular complexity index is 941. The van der Waals surface area contributed by atoms with Crippen LogP contribution in [0.25, 0.3) is 16.9 Å². The zero-order valence-corrected chi connectivity index (χ0v) is 12.2. The Morgan fingerprint density at radius 2 is 2.26 bits per heavy atom. The summed E-state index contributed by atoms with van der Waals surface area (Å²) in [5.41, 5.74) is 2.18. The first-order chi connectivity index (χ1) is 11.1. The van der Waals surface area contributed by atoms with Crippen LogP contribution >= 0.6 is 0 Å². The van der Waals surface area contributed by atoms with Crippen molar-refractivity contribution in [3.63, 3.8) is 0 Å². The van der Waals surface area contributed by atoms with E-state index in [1.54, 1.807) is 25.3 Å². The third-order valence-electron chi connectivity index (χ3n) is 3.38. The lowest BCUT2D eigenvalue weighted by Crippen LogP contribution is -2.11. The molecule has 6 nitrogen and oxygen atoms in total. The van der Waals surface area contributed by atoms with Crippen LogP contribution < -0.4 is 5.32 Å². The fourth-order valence-electron chi connectivity index (χ4n) is 2.21. The number of benzene rings is 1. The van der Waals surface area contributed by atoms with E-state index >= 15 is 0 Å². The largest absolute Gasteiger partial charge is 0.324 e. The summed E-state index contributed by atoms with van der Waals surface area (Å²) in [5, 5.41) is 15.7. The van der Waals surface area contributed by atoms with E-state index in [0.29, 0.717) is 22.5 Å². The molecule has 2 aromatic heterocycles. The standard InChI is InChI=1S/C16H12FN5O/c1-2-15(23)21-13-7-10(3-4-12(13)17)14-5-6-19-16-11(8-18)9-20-22(14)16/h3-7,9H,2H2,1H3,(H,21,23). The second-order valence-corrected chi connectivity index (χ2v) is 4.83. The molecule has 3 rings (SSSR count). The molecule has 0 aliphatic heterocycles. The summed E-state index contributed by atoms with van der Waals surface area (Å²) >= 11 is 0. The number of amides is 1. The average Bonchev–Trinajstić information content (AvgIpc) is 3.00. The van der Waals surface area contributed by atoms with Crippen LogP contribution in [0.4, 0.5) is 10.1 Å². The Kier molecular flexibility index (Phi) is 3.73. The van der Waals surface area contributed by atoms with Crippen molar-refractivity contribution in [3.8, 4) is 17.3 Å². The van der Waals surface area contributed by atoms with Crippen LogP contribution in [-0.2, 0) is 4.79 Å². The van der Waals surface area contributed by atoms with Gasteiger partial charge in [-0.1, -0.05) is 6.92 Å². The van der Waals surface area contributed by atoms with Crippen molar-refractivity contribution in [2.24, 2.45) is 0 Å². The molecule has 0 atom stereocenters. The van der Waals surface area contributed by atoms with Gasteiger partial charge in [0.25, 0.3) is 0 Å². The smallest absolute Gasteiger partial charge is 0.224 e. The fraction of sp³-hybridized carbons (Fsp3) is 0.125. The highest BCUT2D eigenvalue weighted by Crippen LogP contribution is 2.25. The van der Waals surface area contributed by atoms with Gasteiger partial charge in [-0.05, 0) is 24.3 Å². The van der Waals surface area contributed by atoms with Gasteiger partial charge < -0.3 is 5.32 Å². The second kappa shape index (κ2) is 5.85. The average molecular weight is 309 g/mol. The number of aromatic nitrogens is 3. The highest BCUT2D eigenvalue weighted by atomic mass is 19.1. The van der Waals surface area contributed by atoms with E-state index in [1.807, 2.05) is 6.07 Å². The van der Waals surface area contributed by atoms with Gasteiger partial charge in [-0.3, -0.25) is 4.79 Å². The van der Waals surface area contributed by atoms with E-state index in [4.69, 9.17) is 5.26 Å². The number of nitrogens with one attached hydrogen (secondary N) is 1. The summed E-state index contributed by atoms with van der Waals surface area (Å²) in [6.45, 7) is 1.69. The maximum Gasteiger partial charge on any atom is 0.224 e. The number of rotatable bonds is 3. The number of fused-ring (bicyclic) bond motifs is 1. The Morgan fingerprint density at radius 3 is 3.00 bits per heavy atom. The Morgan fingerprint density at radius 1 is 1.43 bits per heavy atom. The first kappa shape index (κ1) is 14.7. The number of hydrogen-bond donors (Lipinski definition) is 1. The molecular formula is C16H12FN5O. The molecule has 1 N–H and O–H groups in total. The number of hydrogen-bond acceptors (Lipinski definition) is 4. The summed E-state index contributed by atoms with van der Waals surface area (Å²) in [6.07, 6.45) is 3.24. The van der Waals surface area contributed by atoms with Gasteiger partial charge >= 0.3 is 0 Å². The van der Waals surface area contributed by atoms with E-state index in [2.05, 4.69) is 15.4 Å². The van der Waals surface area contributed by atoms with Crippen molar-refractivity contribution in [2.75, 3.05) is 5.32 Å². The molecule has 2 heterocycles. The van der Waals surface area contributed by atoms with Crippen LogP contribution in [-0.4, -0.2) is 20.5 Å². The van der Waals surface area contributed by atoms with Crippen LogP contribution in [0.15, 0.2) is 36.7 Å². The zero-order chi connectivity index (χ0) is 16.4. The lowest BCUT2D eigenvalue weighted by atomic mass is 10.1. The van der Waals surface area contributed by atoms with Gasteiger partial charge in [-0.25, -0.2) is 13.9 Å². The zero-order valence-electron chi connectivity index (χ0n) is 12.2. The first-order valence-corrected chi connectivity index (χ1v) is 6.96. The molecule has 0 aliphatic carbocycles. The molecule has 114 valence electrons. The predicted molar refractivity (Wildman–Crippen MR) is 82.0 cm³/mol. The summed E-state index contributed by atoms with van der Waals surface area (Å²) in [5.74, 6) is -0.786. The van der Waals surface area contributed by atoms with E-state index in [1.165, 1.54) is 22.8 Å². The quantitative estimate of drug-likeness (QED) is 0.806. The maximum absolute atomic E-state index is 13.9. The van der Waals surface area contributed by atoms with Crippen LogP contribution in [0.1, 0.15) is 18.9 Å². The number of halogens is 1. The van der Waals surface area contributed by atoms with Crippen molar-refractivity contribution in [3.05, 3.63) is 48.0 Å². The van der Waals surface area contributed by atoms with Crippen molar-refractivity contribution in [2.45, 2.75) is 13.3 Å². The number of nitriles is 1. The molecule has 0 radical (unpaired) electrons. The van der Waals surface area contributed by atoms with Crippen molar-refractivity contribution in [1.29, 1.82) is 5.26 Å². The van der Waals surface area contributed by atoms with Gasteiger partial charge in [0.15, 0.2) is 5.65 Å². The van der Waals surface area contributed by atoms with Crippen LogP contribution in [0.3, 0.4) is 0 Å². The summed E-state index contributed by atoms with van der Waals surface area (Å²) in [7, 11) is 0. The monoisotopic (exact) mass is 309 g/mol. The molecule has 0 spiro atoms. The Labute approximate surface area is 131 Å². The van der Waals surface area contributed by atoms with Gasteiger partial charge in [0.05, 0.1) is 17.6 Å². The molecule has 23 heavy (non-hydrogen) atoms. The molecule has 0 saturated carbocycles. The van der Waals surface area contributed by atoms with Gasteiger partial charge in [-0.15, -0.1) is 0 Å². The van der Waals surface area contributed by atoms with E-state index in [0.717, 1.165) is 0 Å². The molecule has 0 fully saturated rings. The summed E-state index contributed by atoms with van der Waals surface area (Å²) in [4.78, 5) is 15.6. The van der Waals surface area contributed by atoms with Crippen LogP contribution in [0.5, 0.6) is 0 Å². The minimum atomic E-state index is -0.515. The van der Waals surface area contributed by atoms with Crippen molar-refractivity contribution < 1.29 is 9.18 Å². The number of nitrogens with zero attached hydrogens (tertiary/aromatic N) is 4. The van der Waals surface area contributed by atoms with E-state index in [9.17, 15) is 9.18 Å². The third kappa shape index (κ3) is 2.62. The summed E-state index contributed by atoms with van der Waals surface area (Å²) in [6, 6.07) is 8.12. The SMILES string of the molecule is CCC(=O)Nc1cc(-c2ccnc3c(C#N)cnn23)ccc1F. The second-order valence-electron chi connectivity index (χ2n) is 4.83. The number of anilines is 1. The molecule has 0 saturated heterocycles. The molecule has 1 aromatic carbocycles. The third-order valence-corrected chi connectivity index (χ3v) is 3.38. The number of carbonyl (C=O) groups excluding carboxylic acids is 1. The molecule has 1 amide bonds. The van der Waals surface area contributed by atoms with Gasteiger partial charge in [0.1, 0.15) is 17.4 Å². The van der Waals surface area contributed by atoms with E-state index < -0.39 is 5.82 Å². The molecule has 3 aromatic rings. The highest BCUT2D eigenvalue weighted by molar-refractivity contribution is 5.91. The molecule has 0 bridgehead atoms. The lowest BCUT2D eigenvalue weighted by molar-refractivity contribution is -0.115. The minimum absolute atomic E-state index is 0.104. The number of carbonyl (C=O) groups is 1. The molecular weight excluding hydrogens is 297 g/mol. The first-order valence-electron chi connectivity index (χ1n) is 6.96. The normalized spacial score (nSPS) is 10.5. The minimum Gasteiger partial charge on any atom is -0.324 e. The predicted octanol–water partition coefficient (Wildman–Crippen LogP) is 2.76. The topological polar surface area (TPSA) is 83.1 Å². The van der Waals surface area contributed by atoms with Crippen LogP contribution in [0, 0.1) is 17.1 Å². The fourth-order valence-corrected chi connectivity index (χ4v) is 2.21. The van der Waals surface area contributed by atoms with Crippen molar-refractivity contribution >= 4 is 17.2 Å². The van der Waals surface area contributed by atoms with Gasteiger partial charge in [0.2, 0.25) is 5.91 Å². The van der Waals surface area contributed by atoms with Crippen molar-refractivity contribution in [1.82, 2.24) is 14.6 Å². The Hall–Kier alpha value is -3.27. The molecule has 0 aliphatic rings. The lowest BCUT2D eigenvalue weighted by Gasteiger charge is -2.09. The summed E-state index contributed by atoms with van der Waals surface area (Å²) < 4.78 is 15.4.